The minimum Gasteiger partial charge on any atom is -0.374 e. The van der Waals surface area contributed by atoms with Gasteiger partial charge in [-0.15, -0.1) is 0 Å². The van der Waals surface area contributed by atoms with Gasteiger partial charge in [-0.2, -0.15) is 13.2 Å². The van der Waals surface area contributed by atoms with Crippen LogP contribution in [-0.4, -0.2) is 17.8 Å². The number of rotatable bonds is 4. The maximum atomic E-state index is 14.2. The van der Waals surface area contributed by atoms with Gasteiger partial charge in [0.1, 0.15) is 0 Å². The molecule has 35 heavy (non-hydrogen) atoms. The smallest absolute Gasteiger partial charge is 0.374 e. The predicted octanol–water partition coefficient (Wildman–Crippen LogP) is 8.44. The summed E-state index contributed by atoms with van der Waals surface area (Å²) in [4.78, 5) is 17.8. The van der Waals surface area contributed by atoms with E-state index in [-0.39, 0.29) is 21.3 Å². The number of carbonyl (C=O) groups excluding carboxylic acids is 1. The van der Waals surface area contributed by atoms with E-state index in [2.05, 4.69) is 10.5 Å². The Bertz CT molecular complexity index is 1320. The van der Waals surface area contributed by atoms with Gasteiger partial charge in [0.15, 0.2) is 0 Å². The van der Waals surface area contributed by atoms with E-state index in [1.165, 1.54) is 24.3 Å². The molecule has 0 aliphatic carbocycles. The zero-order valence-electron chi connectivity index (χ0n) is 17.8. The second kappa shape index (κ2) is 9.54. The third-order valence-corrected chi connectivity index (χ3v) is 6.31. The van der Waals surface area contributed by atoms with Gasteiger partial charge in [-0.1, -0.05) is 57.6 Å². The number of halogens is 7. The highest BCUT2D eigenvalue weighted by molar-refractivity contribution is 6.35. The van der Waals surface area contributed by atoms with E-state index in [1.54, 1.807) is 25.1 Å². The number of hydrogen-bond donors (Lipinski definition) is 1. The van der Waals surface area contributed by atoms with Crippen LogP contribution in [0.5, 0.6) is 0 Å². The topological polar surface area (TPSA) is 50.7 Å². The lowest BCUT2D eigenvalue weighted by Gasteiger charge is -2.29. The average Bonchev–Trinajstić information content (AvgIpc) is 3.19. The third kappa shape index (κ3) is 5.23. The molecule has 0 spiro atoms. The normalized spacial score (nSPS) is 17.7. The van der Waals surface area contributed by atoms with Crippen molar-refractivity contribution in [2.24, 2.45) is 5.16 Å². The SMILES string of the molecule is Cc1cc(C2=NOC(c3cc(Cl)cc(Cl)c3)(C(F)(F)F)C2)ccc1C(=O)Nc1cc(Cl)cc(Cl)c1. The summed E-state index contributed by atoms with van der Waals surface area (Å²) in [6, 6.07) is 12.8. The number of amides is 1. The van der Waals surface area contributed by atoms with Gasteiger partial charge in [-0.05, 0) is 66.6 Å². The van der Waals surface area contributed by atoms with Crippen molar-refractivity contribution in [3.05, 3.63) is 96.9 Å². The van der Waals surface area contributed by atoms with Crippen molar-refractivity contribution >= 4 is 63.7 Å². The first-order valence-corrected chi connectivity index (χ1v) is 11.6. The summed E-state index contributed by atoms with van der Waals surface area (Å²) in [7, 11) is 0. The molecule has 3 aromatic rings. The van der Waals surface area contributed by atoms with Crippen molar-refractivity contribution in [1.29, 1.82) is 0 Å². The Morgan fingerprint density at radius 2 is 1.51 bits per heavy atom. The Kier molecular flexibility index (Phi) is 6.99. The van der Waals surface area contributed by atoms with Crippen LogP contribution in [0.4, 0.5) is 18.9 Å². The zero-order valence-corrected chi connectivity index (χ0v) is 20.8. The van der Waals surface area contributed by atoms with E-state index in [9.17, 15) is 18.0 Å². The average molecular weight is 562 g/mol. The van der Waals surface area contributed by atoms with E-state index in [1.807, 2.05) is 0 Å². The second-order valence-electron chi connectivity index (χ2n) is 7.93. The fourth-order valence-electron chi connectivity index (χ4n) is 3.77. The first kappa shape index (κ1) is 25.6. The van der Waals surface area contributed by atoms with Crippen molar-refractivity contribution < 1.29 is 22.8 Å². The number of aryl methyl sites for hydroxylation is 1. The largest absolute Gasteiger partial charge is 0.435 e. The van der Waals surface area contributed by atoms with Gasteiger partial charge in [0.05, 0.1) is 5.71 Å². The van der Waals surface area contributed by atoms with Crippen LogP contribution in [0.3, 0.4) is 0 Å². The van der Waals surface area contributed by atoms with Gasteiger partial charge in [-0.25, -0.2) is 0 Å². The number of carbonyl (C=O) groups is 1. The molecule has 4 nitrogen and oxygen atoms in total. The minimum atomic E-state index is -4.81. The summed E-state index contributed by atoms with van der Waals surface area (Å²) in [6.45, 7) is 1.66. The molecule has 1 heterocycles. The molecule has 1 amide bonds. The van der Waals surface area contributed by atoms with E-state index >= 15 is 0 Å². The molecule has 1 unspecified atom stereocenters. The molecular formula is C24H15Cl4F3N2O2. The number of nitrogens with one attached hydrogen (secondary N) is 1. The van der Waals surface area contributed by atoms with Crippen LogP contribution in [0.15, 0.2) is 59.8 Å². The van der Waals surface area contributed by atoms with Crippen molar-refractivity contribution in [2.45, 2.75) is 25.1 Å². The molecule has 0 radical (unpaired) electrons. The third-order valence-electron chi connectivity index (χ3n) is 5.44. The quantitative estimate of drug-likeness (QED) is 0.347. The standard InChI is InChI=1S/C24H15Cl4F3N2O2/c1-12-4-13(2-3-20(12)22(34)32-19-9-17(27)8-18(28)10-19)21-11-23(35-33-21,24(29,30)31)14-5-15(25)7-16(26)6-14/h2-10H,11H2,1H3,(H,32,34). The molecule has 0 fully saturated rings. The van der Waals surface area contributed by atoms with Gasteiger partial charge in [0.2, 0.25) is 0 Å². The summed E-state index contributed by atoms with van der Waals surface area (Å²) < 4.78 is 42.6. The first-order chi connectivity index (χ1) is 16.4. The monoisotopic (exact) mass is 560 g/mol. The molecule has 11 heteroatoms. The fraction of sp³-hybridized carbons (Fsp3) is 0.167. The number of benzene rings is 3. The molecule has 3 aromatic carbocycles. The molecule has 4 rings (SSSR count). The molecule has 0 saturated heterocycles. The highest BCUT2D eigenvalue weighted by Gasteiger charge is 2.62. The van der Waals surface area contributed by atoms with Crippen LogP contribution >= 0.6 is 46.4 Å². The fourth-order valence-corrected chi connectivity index (χ4v) is 4.82. The van der Waals surface area contributed by atoms with Gasteiger partial charge >= 0.3 is 6.18 Å². The zero-order chi connectivity index (χ0) is 25.5. The van der Waals surface area contributed by atoms with E-state index in [0.717, 1.165) is 12.1 Å². The van der Waals surface area contributed by atoms with Crippen LogP contribution < -0.4 is 5.32 Å². The maximum absolute atomic E-state index is 14.2. The Morgan fingerprint density at radius 3 is 2.06 bits per heavy atom. The number of oxime groups is 1. The lowest BCUT2D eigenvalue weighted by Crippen LogP contribution is -2.42. The van der Waals surface area contributed by atoms with Gasteiger partial charge < -0.3 is 10.2 Å². The van der Waals surface area contributed by atoms with Crippen LogP contribution in [-0.2, 0) is 10.4 Å². The number of alkyl halides is 3. The molecular weight excluding hydrogens is 547 g/mol. The molecule has 1 atom stereocenters. The Hall–Kier alpha value is -2.45. The highest BCUT2D eigenvalue weighted by atomic mass is 35.5. The molecule has 182 valence electrons. The molecule has 0 aromatic heterocycles. The first-order valence-electron chi connectivity index (χ1n) is 10.0. The Morgan fingerprint density at radius 1 is 0.943 bits per heavy atom. The van der Waals surface area contributed by atoms with Crippen molar-refractivity contribution in [3.8, 4) is 0 Å². The van der Waals surface area contributed by atoms with Crippen LogP contribution in [0.1, 0.15) is 33.5 Å². The van der Waals surface area contributed by atoms with Crippen molar-refractivity contribution in [1.82, 2.24) is 0 Å². The van der Waals surface area contributed by atoms with Crippen LogP contribution in [0, 0.1) is 6.92 Å². The lowest BCUT2D eigenvalue weighted by molar-refractivity contribution is -0.275. The van der Waals surface area contributed by atoms with Gasteiger partial charge in [0, 0.05) is 43.3 Å². The van der Waals surface area contributed by atoms with E-state index < -0.39 is 24.1 Å². The van der Waals surface area contributed by atoms with Crippen LogP contribution in [0.2, 0.25) is 20.1 Å². The second-order valence-corrected chi connectivity index (χ2v) is 9.68. The lowest BCUT2D eigenvalue weighted by atomic mass is 9.86. The van der Waals surface area contributed by atoms with Gasteiger partial charge in [0.25, 0.3) is 11.5 Å². The number of anilines is 1. The van der Waals surface area contributed by atoms with E-state index in [4.69, 9.17) is 51.2 Å². The molecule has 0 bridgehead atoms. The summed E-state index contributed by atoms with van der Waals surface area (Å²) in [5.74, 6) is -0.435. The predicted molar refractivity (Wildman–Crippen MR) is 132 cm³/mol. The molecule has 1 aliphatic heterocycles. The van der Waals surface area contributed by atoms with Crippen LogP contribution in [0.25, 0.3) is 0 Å². The van der Waals surface area contributed by atoms with Gasteiger partial charge in [-0.3, -0.25) is 4.79 Å². The summed E-state index contributed by atoms with van der Waals surface area (Å²) in [5.41, 5.74) is -1.32. The van der Waals surface area contributed by atoms with E-state index in [0.29, 0.717) is 32.4 Å². The van der Waals surface area contributed by atoms with Crippen molar-refractivity contribution in [2.75, 3.05) is 5.32 Å². The Balaban J connectivity index is 1.60. The number of hydrogen-bond acceptors (Lipinski definition) is 3. The van der Waals surface area contributed by atoms with Crippen molar-refractivity contribution in [3.63, 3.8) is 0 Å². The minimum absolute atomic E-state index is 0.0420. The maximum Gasteiger partial charge on any atom is 0.435 e. The molecule has 1 aliphatic rings. The summed E-state index contributed by atoms with van der Waals surface area (Å²) in [5, 5.41) is 7.24. The highest BCUT2D eigenvalue weighted by Crippen LogP contribution is 2.49. The summed E-state index contributed by atoms with van der Waals surface area (Å²) in [6.07, 6.45) is -5.40. The molecule has 0 saturated carbocycles. The summed E-state index contributed by atoms with van der Waals surface area (Å²) >= 11 is 23.8. The number of nitrogens with zero attached hydrogens (tertiary/aromatic N) is 1. The molecule has 1 N–H and O–H groups in total. The Labute approximate surface area is 218 Å².